The SMILES string of the molecule is COc1ccc(C(CC(C)C)NC(=O)CCCN(c2cccc(C)c2)S(C)(=O)=O)cc1. The number of carbonyl (C=O) groups is 1. The van der Waals surface area contributed by atoms with Crippen molar-refractivity contribution >= 4 is 21.6 Å². The molecule has 0 saturated heterocycles. The number of nitrogens with zero attached hydrogens (tertiary/aromatic N) is 1. The number of nitrogens with one attached hydrogen (secondary N) is 1. The number of ether oxygens (including phenoxy) is 1. The van der Waals surface area contributed by atoms with Crippen LogP contribution in [0.25, 0.3) is 0 Å². The van der Waals surface area contributed by atoms with Crippen LogP contribution < -0.4 is 14.4 Å². The summed E-state index contributed by atoms with van der Waals surface area (Å²) in [6, 6.07) is 15.0. The second-order valence-electron chi connectivity index (χ2n) is 8.30. The lowest BCUT2D eigenvalue weighted by Crippen LogP contribution is -2.33. The Balaban J connectivity index is 2.01. The van der Waals surface area contributed by atoms with Crippen LogP contribution in [0.5, 0.6) is 5.75 Å². The minimum atomic E-state index is -3.43. The molecule has 170 valence electrons. The fourth-order valence-electron chi connectivity index (χ4n) is 3.51. The van der Waals surface area contributed by atoms with Gasteiger partial charge in [-0.3, -0.25) is 9.10 Å². The van der Waals surface area contributed by atoms with Gasteiger partial charge in [-0.1, -0.05) is 38.1 Å². The summed E-state index contributed by atoms with van der Waals surface area (Å²) in [5, 5.41) is 3.12. The van der Waals surface area contributed by atoms with E-state index < -0.39 is 10.0 Å². The van der Waals surface area contributed by atoms with Crippen LogP contribution in [0.15, 0.2) is 48.5 Å². The number of rotatable bonds is 11. The van der Waals surface area contributed by atoms with Crippen molar-refractivity contribution in [2.24, 2.45) is 5.92 Å². The van der Waals surface area contributed by atoms with Crippen LogP contribution in [0.4, 0.5) is 5.69 Å². The summed E-state index contributed by atoms with van der Waals surface area (Å²) in [5.74, 6) is 1.10. The summed E-state index contributed by atoms with van der Waals surface area (Å²) in [5.41, 5.74) is 2.64. The Bertz CT molecular complexity index is 956. The Morgan fingerprint density at radius 3 is 2.35 bits per heavy atom. The molecule has 0 aliphatic rings. The predicted molar refractivity (Wildman–Crippen MR) is 126 cm³/mol. The maximum atomic E-state index is 12.6. The van der Waals surface area contributed by atoms with Crippen LogP contribution in [0, 0.1) is 12.8 Å². The Hall–Kier alpha value is -2.54. The molecule has 31 heavy (non-hydrogen) atoms. The Morgan fingerprint density at radius 2 is 1.81 bits per heavy atom. The maximum Gasteiger partial charge on any atom is 0.232 e. The molecule has 0 aliphatic carbocycles. The van der Waals surface area contributed by atoms with Crippen molar-refractivity contribution < 1.29 is 17.9 Å². The summed E-state index contributed by atoms with van der Waals surface area (Å²) in [6.45, 7) is 6.42. The quantitative estimate of drug-likeness (QED) is 0.553. The minimum absolute atomic E-state index is 0.0841. The number of hydrogen-bond acceptors (Lipinski definition) is 4. The first kappa shape index (κ1) is 24.7. The van der Waals surface area contributed by atoms with Crippen LogP contribution in [0.1, 0.15) is 50.3 Å². The minimum Gasteiger partial charge on any atom is -0.497 e. The molecule has 0 aromatic heterocycles. The van der Waals surface area contributed by atoms with E-state index in [-0.39, 0.29) is 24.9 Å². The van der Waals surface area contributed by atoms with Gasteiger partial charge in [0, 0.05) is 13.0 Å². The summed E-state index contributed by atoms with van der Waals surface area (Å²) in [7, 11) is -1.81. The number of anilines is 1. The molecular weight excluding hydrogens is 412 g/mol. The lowest BCUT2D eigenvalue weighted by atomic mass is 9.96. The zero-order chi connectivity index (χ0) is 23.0. The second-order valence-corrected chi connectivity index (χ2v) is 10.2. The Morgan fingerprint density at radius 1 is 1.13 bits per heavy atom. The summed E-state index contributed by atoms with van der Waals surface area (Å²) in [4.78, 5) is 12.6. The Labute approximate surface area is 186 Å². The molecule has 1 amide bonds. The zero-order valence-corrected chi connectivity index (χ0v) is 19.9. The zero-order valence-electron chi connectivity index (χ0n) is 19.1. The highest BCUT2D eigenvalue weighted by Crippen LogP contribution is 2.24. The molecular formula is C24H34N2O4S. The van der Waals surface area contributed by atoms with Crippen LogP contribution >= 0.6 is 0 Å². The molecule has 0 spiro atoms. The van der Waals surface area contributed by atoms with E-state index in [4.69, 9.17) is 4.74 Å². The van der Waals surface area contributed by atoms with E-state index in [1.165, 1.54) is 10.6 Å². The first-order chi connectivity index (χ1) is 14.6. The van der Waals surface area contributed by atoms with Crippen LogP contribution in [-0.4, -0.2) is 34.2 Å². The standard InChI is InChI=1S/C24H34N2O4S/c1-18(2)16-23(20-11-13-22(30-4)14-12-20)25-24(27)10-7-15-26(31(5,28)29)21-9-6-8-19(3)17-21/h6,8-9,11-14,17-18,23H,7,10,15-16H2,1-5H3,(H,25,27). The number of amides is 1. The van der Waals surface area contributed by atoms with Gasteiger partial charge in [-0.05, 0) is 61.1 Å². The third-order valence-electron chi connectivity index (χ3n) is 5.02. The van der Waals surface area contributed by atoms with Crippen LogP contribution in [0.2, 0.25) is 0 Å². The van der Waals surface area contributed by atoms with Crippen molar-refractivity contribution in [1.29, 1.82) is 0 Å². The smallest absolute Gasteiger partial charge is 0.232 e. The highest BCUT2D eigenvalue weighted by Gasteiger charge is 2.19. The van der Waals surface area contributed by atoms with Gasteiger partial charge in [0.1, 0.15) is 5.75 Å². The van der Waals surface area contributed by atoms with Crippen molar-refractivity contribution in [3.8, 4) is 5.75 Å². The van der Waals surface area contributed by atoms with Gasteiger partial charge in [0.05, 0.1) is 25.1 Å². The summed E-state index contributed by atoms with van der Waals surface area (Å²) in [6.07, 6.45) is 2.70. The van der Waals surface area contributed by atoms with Gasteiger partial charge in [-0.15, -0.1) is 0 Å². The normalized spacial score (nSPS) is 12.5. The molecule has 2 aromatic rings. The van der Waals surface area contributed by atoms with Gasteiger partial charge in [-0.2, -0.15) is 0 Å². The molecule has 0 bridgehead atoms. The highest BCUT2D eigenvalue weighted by molar-refractivity contribution is 7.92. The molecule has 2 rings (SSSR count). The molecule has 6 nitrogen and oxygen atoms in total. The maximum absolute atomic E-state index is 12.6. The molecule has 2 aromatic carbocycles. The number of aryl methyl sites for hydroxylation is 1. The van der Waals surface area contributed by atoms with Gasteiger partial charge >= 0.3 is 0 Å². The fraction of sp³-hybridized carbons (Fsp3) is 0.458. The second kappa shape index (κ2) is 11.2. The van der Waals surface area contributed by atoms with E-state index >= 15 is 0 Å². The molecule has 1 N–H and O–H groups in total. The van der Waals surface area contributed by atoms with Gasteiger partial charge in [0.25, 0.3) is 0 Å². The lowest BCUT2D eigenvalue weighted by Gasteiger charge is -2.24. The van der Waals surface area contributed by atoms with E-state index in [0.29, 0.717) is 18.0 Å². The van der Waals surface area contributed by atoms with Crippen molar-refractivity contribution in [1.82, 2.24) is 5.32 Å². The average molecular weight is 447 g/mol. The van der Waals surface area contributed by atoms with Crippen molar-refractivity contribution in [3.63, 3.8) is 0 Å². The van der Waals surface area contributed by atoms with Crippen LogP contribution in [-0.2, 0) is 14.8 Å². The van der Waals surface area contributed by atoms with E-state index in [2.05, 4.69) is 19.2 Å². The molecule has 0 heterocycles. The number of hydrogen-bond donors (Lipinski definition) is 1. The van der Waals surface area contributed by atoms with Crippen molar-refractivity contribution in [2.45, 2.75) is 46.1 Å². The van der Waals surface area contributed by atoms with Gasteiger partial charge in [0.2, 0.25) is 15.9 Å². The molecule has 1 atom stereocenters. The number of sulfonamides is 1. The number of methoxy groups -OCH3 is 1. The molecule has 0 fully saturated rings. The van der Waals surface area contributed by atoms with Gasteiger partial charge < -0.3 is 10.1 Å². The van der Waals surface area contributed by atoms with E-state index in [0.717, 1.165) is 23.3 Å². The van der Waals surface area contributed by atoms with Crippen molar-refractivity contribution in [2.75, 3.05) is 24.2 Å². The van der Waals surface area contributed by atoms with Crippen molar-refractivity contribution in [3.05, 3.63) is 59.7 Å². The number of carbonyl (C=O) groups excluding carboxylic acids is 1. The topological polar surface area (TPSA) is 75.7 Å². The summed E-state index contributed by atoms with van der Waals surface area (Å²) < 4.78 is 31.1. The third-order valence-corrected chi connectivity index (χ3v) is 6.21. The first-order valence-electron chi connectivity index (χ1n) is 10.6. The highest BCUT2D eigenvalue weighted by atomic mass is 32.2. The van der Waals surface area contributed by atoms with E-state index in [1.54, 1.807) is 13.2 Å². The van der Waals surface area contributed by atoms with E-state index in [9.17, 15) is 13.2 Å². The van der Waals surface area contributed by atoms with Crippen LogP contribution in [0.3, 0.4) is 0 Å². The van der Waals surface area contributed by atoms with Gasteiger partial charge in [-0.25, -0.2) is 8.42 Å². The number of benzene rings is 2. The first-order valence-corrected chi connectivity index (χ1v) is 12.4. The Kier molecular flexibility index (Phi) is 8.92. The largest absolute Gasteiger partial charge is 0.497 e. The fourth-order valence-corrected chi connectivity index (χ4v) is 4.46. The molecule has 0 aliphatic heterocycles. The summed E-state index contributed by atoms with van der Waals surface area (Å²) >= 11 is 0. The monoisotopic (exact) mass is 446 g/mol. The average Bonchev–Trinajstić information content (AvgIpc) is 2.69. The lowest BCUT2D eigenvalue weighted by molar-refractivity contribution is -0.122. The van der Waals surface area contributed by atoms with Gasteiger partial charge in [0.15, 0.2) is 0 Å². The molecule has 7 heteroatoms. The van der Waals surface area contributed by atoms with E-state index in [1.807, 2.05) is 49.4 Å². The molecule has 1 unspecified atom stereocenters. The predicted octanol–water partition coefficient (Wildman–Crippen LogP) is 4.45. The molecule has 0 saturated carbocycles. The third kappa shape index (κ3) is 7.90. The molecule has 0 radical (unpaired) electrons.